The Morgan fingerprint density at radius 2 is 0.914 bits per heavy atom. The molecule has 2 aliphatic rings. The number of carbonyl (C=O) groups excluding carboxylic acids is 4. The first kappa shape index (κ1) is 32.9. The minimum Gasteiger partial charge on any atom is -0.512 e. The van der Waals surface area contributed by atoms with Crippen LogP contribution < -0.4 is 0 Å². The zero-order valence-electron chi connectivity index (χ0n) is 21.0. The van der Waals surface area contributed by atoms with Crippen LogP contribution in [0, 0.1) is 0 Å². The van der Waals surface area contributed by atoms with E-state index in [0.29, 0.717) is 88.2 Å². The van der Waals surface area contributed by atoms with Crippen LogP contribution in [0.4, 0.5) is 0 Å². The van der Waals surface area contributed by atoms with Crippen LogP contribution >= 0.6 is 0 Å². The summed E-state index contributed by atoms with van der Waals surface area (Å²) < 4.78 is 9.03. The molecule has 0 aliphatic heterocycles. The fourth-order valence-corrected chi connectivity index (χ4v) is 4.00. The van der Waals surface area contributed by atoms with E-state index in [9.17, 15) is 29.4 Å². The zero-order chi connectivity index (χ0) is 25.3. The van der Waals surface area contributed by atoms with E-state index < -0.39 is 0 Å². The maximum absolute atomic E-state index is 11.8. The SMILES string of the molecule is COC(=O)CCCCC(=O)C1=C(O)CCCC1.COC(=O)CCCCC(=O)C1=C(O)CCCC1.[Cu]. The summed E-state index contributed by atoms with van der Waals surface area (Å²) >= 11 is 0. The van der Waals surface area contributed by atoms with Gasteiger partial charge in [-0.25, -0.2) is 0 Å². The Kier molecular flexibility index (Phi) is 18.0. The molecule has 0 aromatic rings. The number of aliphatic hydroxyl groups is 2. The summed E-state index contributed by atoms with van der Waals surface area (Å²) in [7, 11) is 2.72. The molecule has 0 heterocycles. The summed E-state index contributed by atoms with van der Waals surface area (Å²) in [6.45, 7) is 0. The fourth-order valence-electron chi connectivity index (χ4n) is 4.00. The molecule has 203 valence electrons. The standard InChI is InChI=1S/2C13H20O4.Cu/c2*1-17-13(16)9-5-4-8-12(15)10-6-2-3-7-11(10)14;/h2*14H,2-9H2,1H3;. The van der Waals surface area contributed by atoms with Crippen molar-refractivity contribution < 1.29 is 55.9 Å². The van der Waals surface area contributed by atoms with Crippen molar-refractivity contribution in [2.75, 3.05) is 14.2 Å². The number of esters is 2. The number of allylic oxidation sites excluding steroid dienone is 4. The Hall–Kier alpha value is -2.12. The summed E-state index contributed by atoms with van der Waals surface area (Å²) in [5.41, 5.74) is 1.21. The van der Waals surface area contributed by atoms with Crippen molar-refractivity contribution in [2.45, 2.75) is 103 Å². The Balaban J connectivity index is 0.000000642. The van der Waals surface area contributed by atoms with E-state index >= 15 is 0 Å². The van der Waals surface area contributed by atoms with Crippen LogP contribution in [-0.4, -0.2) is 47.9 Å². The van der Waals surface area contributed by atoms with Crippen LogP contribution in [-0.2, 0) is 45.7 Å². The van der Waals surface area contributed by atoms with E-state index in [2.05, 4.69) is 9.47 Å². The van der Waals surface area contributed by atoms with Gasteiger partial charge >= 0.3 is 11.9 Å². The third-order valence-electron chi connectivity index (χ3n) is 6.08. The molecule has 9 heteroatoms. The van der Waals surface area contributed by atoms with E-state index in [1.54, 1.807) is 0 Å². The van der Waals surface area contributed by atoms with Gasteiger partial charge in [-0.05, 0) is 64.2 Å². The average molecular weight is 544 g/mol. The number of ketones is 2. The molecule has 0 saturated heterocycles. The van der Waals surface area contributed by atoms with E-state index in [4.69, 9.17) is 0 Å². The molecule has 0 aromatic carbocycles. The first-order valence-corrected chi connectivity index (χ1v) is 12.3. The molecule has 8 nitrogen and oxygen atoms in total. The largest absolute Gasteiger partial charge is 0.512 e. The number of hydrogen-bond acceptors (Lipinski definition) is 8. The van der Waals surface area contributed by atoms with Gasteiger partial charge in [0, 0.05) is 66.7 Å². The van der Waals surface area contributed by atoms with Crippen molar-refractivity contribution in [3.63, 3.8) is 0 Å². The Labute approximate surface area is 219 Å². The zero-order valence-corrected chi connectivity index (χ0v) is 21.9. The normalized spacial score (nSPS) is 15.4. The van der Waals surface area contributed by atoms with Gasteiger partial charge in [-0.15, -0.1) is 0 Å². The number of ether oxygens (including phenoxy) is 2. The molecule has 0 aromatic heterocycles. The predicted octanol–water partition coefficient (Wildman–Crippen LogP) is 5.35. The summed E-state index contributed by atoms with van der Waals surface area (Å²) in [5, 5.41) is 19.2. The van der Waals surface area contributed by atoms with Crippen LogP contribution in [0.5, 0.6) is 0 Å². The summed E-state index contributed by atoms with van der Waals surface area (Å²) in [4.78, 5) is 45.3. The van der Waals surface area contributed by atoms with Gasteiger partial charge in [-0.1, -0.05) is 0 Å². The van der Waals surface area contributed by atoms with Gasteiger partial charge in [0.1, 0.15) is 0 Å². The molecule has 0 unspecified atom stereocenters. The molecule has 0 atom stereocenters. The molecular formula is C26H40CuO8. The second kappa shape index (κ2) is 19.1. The predicted molar refractivity (Wildman–Crippen MR) is 127 cm³/mol. The first-order valence-electron chi connectivity index (χ1n) is 12.3. The average Bonchev–Trinajstić information content (AvgIpc) is 2.84. The molecule has 1 radical (unpaired) electrons. The summed E-state index contributed by atoms with van der Waals surface area (Å²) in [6.07, 6.45) is 10.7. The number of unbranched alkanes of at least 4 members (excludes halogenated alkanes) is 2. The molecule has 35 heavy (non-hydrogen) atoms. The first-order chi connectivity index (χ1) is 16.3. The number of aliphatic hydroxyl groups excluding tert-OH is 2. The third-order valence-corrected chi connectivity index (χ3v) is 6.08. The Morgan fingerprint density at radius 1 is 0.600 bits per heavy atom. The fraction of sp³-hybridized carbons (Fsp3) is 0.692. The van der Waals surface area contributed by atoms with E-state index in [0.717, 1.165) is 25.7 Å². The van der Waals surface area contributed by atoms with Crippen molar-refractivity contribution in [3.05, 3.63) is 22.7 Å². The number of Topliss-reactive ketones (excluding diaryl/α,β-unsaturated/α-hetero) is 2. The van der Waals surface area contributed by atoms with E-state index in [-0.39, 0.29) is 52.1 Å². The van der Waals surface area contributed by atoms with Gasteiger partial charge in [0.2, 0.25) is 0 Å². The molecule has 0 fully saturated rings. The van der Waals surface area contributed by atoms with Gasteiger partial charge in [0.05, 0.1) is 25.7 Å². The minimum atomic E-state index is -0.239. The van der Waals surface area contributed by atoms with Gasteiger partial charge in [-0.3, -0.25) is 19.2 Å². The molecule has 0 amide bonds. The topological polar surface area (TPSA) is 127 Å². The second-order valence-corrected chi connectivity index (χ2v) is 8.68. The number of methoxy groups -OCH3 is 2. The van der Waals surface area contributed by atoms with Crippen LogP contribution in [0.1, 0.15) is 103 Å². The van der Waals surface area contributed by atoms with Crippen LogP contribution in [0.2, 0.25) is 0 Å². The number of carbonyl (C=O) groups is 4. The van der Waals surface area contributed by atoms with Crippen LogP contribution in [0.25, 0.3) is 0 Å². The molecule has 0 spiro atoms. The monoisotopic (exact) mass is 543 g/mol. The number of hydrogen-bond donors (Lipinski definition) is 2. The maximum atomic E-state index is 11.8. The maximum Gasteiger partial charge on any atom is 0.305 e. The minimum absolute atomic E-state index is 0. The molecule has 2 N–H and O–H groups in total. The summed E-state index contributed by atoms with van der Waals surface area (Å²) in [6, 6.07) is 0. The van der Waals surface area contributed by atoms with Gasteiger partial charge in [0.15, 0.2) is 11.6 Å². The van der Waals surface area contributed by atoms with Gasteiger partial charge in [-0.2, -0.15) is 0 Å². The number of rotatable bonds is 12. The van der Waals surface area contributed by atoms with Crippen molar-refractivity contribution in [3.8, 4) is 0 Å². The van der Waals surface area contributed by atoms with Gasteiger partial charge in [0.25, 0.3) is 0 Å². The molecular weight excluding hydrogens is 504 g/mol. The molecule has 2 aliphatic carbocycles. The van der Waals surface area contributed by atoms with Crippen molar-refractivity contribution in [1.29, 1.82) is 0 Å². The quantitative estimate of drug-likeness (QED) is 0.191. The molecule has 0 saturated carbocycles. The van der Waals surface area contributed by atoms with Crippen LogP contribution in [0.15, 0.2) is 22.7 Å². The second-order valence-electron chi connectivity index (χ2n) is 8.68. The Bertz CT molecular complexity index is 705. The van der Waals surface area contributed by atoms with Gasteiger partial charge < -0.3 is 19.7 Å². The van der Waals surface area contributed by atoms with Crippen molar-refractivity contribution in [1.82, 2.24) is 0 Å². The summed E-state index contributed by atoms with van der Waals surface area (Å²) in [5.74, 6) is 0.136. The molecule has 2 rings (SSSR count). The smallest absolute Gasteiger partial charge is 0.305 e. The Morgan fingerprint density at radius 3 is 1.23 bits per heavy atom. The van der Waals surface area contributed by atoms with E-state index in [1.165, 1.54) is 14.2 Å². The van der Waals surface area contributed by atoms with Crippen molar-refractivity contribution in [2.24, 2.45) is 0 Å². The van der Waals surface area contributed by atoms with E-state index in [1.807, 2.05) is 0 Å². The molecule has 0 bridgehead atoms. The van der Waals surface area contributed by atoms with Crippen LogP contribution in [0.3, 0.4) is 0 Å². The third kappa shape index (κ3) is 13.5. The van der Waals surface area contributed by atoms with Crippen molar-refractivity contribution >= 4 is 23.5 Å².